The van der Waals surface area contributed by atoms with Gasteiger partial charge in [0.05, 0.1) is 12.7 Å². The number of aliphatic hydroxyl groups is 2. The first-order valence-corrected chi connectivity index (χ1v) is 3.33. The van der Waals surface area contributed by atoms with E-state index in [0.717, 1.165) is 0 Å². The fraction of sp³-hybridized carbons (Fsp3) is 0.571. The van der Waals surface area contributed by atoms with Gasteiger partial charge in [0.15, 0.2) is 0 Å². The standard InChI is InChI=1S/C4H6O2.C3H9NO2/c1-3(2)4(5)6;4-1-3(6)2-5/h1H2,2H3,(H,5,6);3,5-6H,1-2,4H2. The van der Waals surface area contributed by atoms with Crippen molar-refractivity contribution in [1.29, 1.82) is 0 Å². The van der Waals surface area contributed by atoms with Crippen LogP contribution in [0.5, 0.6) is 0 Å². The van der Waals surface area contributed by atoms with Crippen molar-refractivity contribution in [3.63, 3.8) is 0 Å². The molecule has 0 aromatic rings. The van der Waals surface area contributed by atoms with Crippen LogP contribution in [0.2, 0.25) is 0 Å². The minimum Gasteiger partial charge on any atom is -0.478 e. The number of rotatable bonds is 3. The maximum absolute atomic E-state index is 9.60. The fourth-order valence-corrected chi connectivity index (χ4v) is 0.0745. The Labute approximate surface area is 71.1 Å². The molecule has 0 aromatic heterocycles. The predicted octanol–water partition coefficient (Wildman–Crippen LogP) is -1.05. The average Bonchev–Trinajstić information content (AvgIpc) is 2.04. The first-order chi connectivity index (χ1) is 5.45. The molecule has 0 spiro atoms. The molecule has 0 fully saturated rings. The molecule has 0 saturated heterocycles. The topological polar surface area (TPSA) is 104 Å². The second-order valence-electron chi connectivity index (χ2n) is 2.16. The lowest BCUT2D eigenvalue weighted by molar-refractivity contribution is -0.132. The van der Waals surface area contributed by atoms with Crippen LogP contribution in [0.1, 0.15) is 6.92 Å². The van der Waals surface area contributed by atoms with E-state index in [1.54, 1.807) is 0 Å². The van der Waals surface area contributed by atoms with Gasteiger partial charge in [0, 0.05) is 12.1 Å². The monoisotopic (exact) mass is 177 g/mol. The zero-order valence-electron chi connectivity index (χ0n) is 7.03. The van der Waals surface area contributed by atoms with Gasteiger partial charge in [-0.1, -0.05) is 6.58 Å². The number of carboxylic acids is 1. The normalized spacial score (nSPS) is 11.0. The van der Waals surface area contributed by atoms with Crippen LogP contribution in [-0.2, 0) is 4.79 Å². The van der Waals surface area contributed by atoms with Crippen LogP contribution in [0.4, 0.5) is 0 Å². The highest BCUT2D eigenvalue weighted by atomic mass is 16.4. The molecule has 0 heterocycles. The third kappa shape index (κ3) is 11.8. The predicted molar refractivity (Wildman–Crippen MR) is 44.6 cm³/mol. The molecular weight excluding hydrogens is 162 g/mol. The number of hydrogen-bond donors (Lipinski definition) is 4. The number of hydrogen-bond acceptors (Lipinski definition) is 4. The molecule has 12 heavy (non-hydrogen) atoms. The highest BCUT2D eigenvalue weighted by Gasteiger charge is 1.92. The number of aliphatic carboxylic acids is 1. The highest BCUT2D eigenvalue weighted by Crippen LogP contribution is 1.81. The Morgan fingerprint density at radius 3 is 2.00 bits per heavy atom. The Bertz CT molecular complexity index is 130. The first kappa shape index (κ1) is 13.7. The lowest BCUT2D eigenvalue weighted by Gasteiger charge is -1.97. The molecule has 0 aromatic carbocycles. The van der Waals surface area contributed by atoms with Crippen molar-refractivity contribution >= 4 is 5.97 Å². The molecule has 5 N–H and O–H groups in total. The van der Waals surface area contributed by atoms with Crippen LogP contribution in [0.25, 0.3) is 0 Å². The Balaban J connectivity index is 0. The molecule has 0 aliphatic rings. The summed E-state index contributed by atoms with van der Waals surface area (Å²) in [6.07, 6.45) is -0.731. The van der Waals surface area contributed by atoms with E-state index in [2.05, 4.69) is 6.58 Å². The van der Waals surface area contributed by atoms with Gasteiger partial charge in [-0.05, 0) is 6.92 Å². The summed E-state index contributed by atoms with van der Waals surface area (Å²) >= 11 is 0. The van der Waals surface area contributed by atoms with Gasteiger partial charge in [0.2, 0.25) is 0 Å². The van der Waals surface area contributed by atoms with Gasteiger partial charge >= 0.3 is 5.97 Å². The van der Waals surface area contributed by atoms with Crippen molar-refractivity contribution in [1.82, 2.24) is 0 Å². The minimum absolute atomic E-state index is 0.135. The smallest absolute Gasteiger partial charge is 0.330 e. The second-order valence-corrected chi connectivity index (χ2v) is 2.16. The summed E-state index contributed by atoms with van der Waals surface area (Å²) in [6.45, 7) is 4.50. The summed E-state index contributed by atoms with van der Waals surface area (Å²) in [4.78, 5) is 9.60. The molecule has 0 amide bonds. The van der Waals surface area contributed by atoms with Crippen LogP contribution in [0.3, 0.4) is 0 Å². The molecule has 1 atom stereocenters. The zero-order chi connectivity index (χ0) is 10.1. The molecule has 0 aliphatic heterocycles. The van der Waals surface area contributed by atoms with Crippen LogP contribution >= 0.6 is 0 Å². The van der Waals surface area contributed by atoms with E-state index in [9.17, 15) is 4.79 Å². The second kappa shape index (κ2) is 8.19. The van der Waals surface area contributed by atoms with Gasteiger partial charge in [0.1, 0.15) is 0 Å². The van der Waals surface area contributed by atoms with Crippen molar-refractivity contribution in [2.75, 3.05) is 13.2 Å². The van der Waals surface area contributed by atoms with Crippen molar-refractivity contribution in [2.45, 2.75) is 13.0 Å². The van der Waals surface area contributed by atoms with Crippen molar-refractivity contribution in [3.05, 3.63) is 12.2 Å². The Hall–Kier alpha value is -0.910. The van der Waals surface area contributed by atoms with Crippen molar-refractivity contribution in [2.24, 2.45) is 5.73 Å². The molecular formula is C7H15NO4. The maximum Gasteiger partial charge on any atom is 0.330 e. The van der Waals surface area contributed by atoms with Gasteiger partial charge in [-0.25, -0.2) is 4.79 Å². The molecule has 0 rings (SSSR count). The number of carbonyl (C=O) groups is 1. The van der Waals surface area contributed by atoms with Gasteiger partial charge in [-0.3, -0.25) is 0 Å². The van der Waals surface area contributed by atoms with Crippen LogP contribution in [-0.4, -0.2) is 40.5 Å². The van der Waals surface area contributed by atoms with Crippen LogP contribution in [0.15, 0.2) is 12.2 Å². The molecule has 0 bridgehead atoms. The summed E-state index contributed by atoms with van der Waals surface area (Å²) in [5.74, 6) is -0.935. The van der Waals surface area contributed by atoms with E-state index >= 15 is 0 Å². The van der Waals surface area contributed by atoms with Crippen molar-refractivity contribution in [3.8, 4) is 0 Å². The molecule has 5 heteroatoms. The number of carboxylic acid groups (broad SMARTS) is 1. The summed E-state index contributed by atoms with van der Waals surface area (Å²) in [5.41, 5.74) is 5.05. The summed E-state index contributed by atoms with van der Waals surface area (Å²) in [6, 6.07) is 0. The molecule has 5 nitrogen and oxygen atoms in total. The van der Waals surface area contributed by atoms with E-state index in [1.165, 1.54) is 6.92 Å². The summed E-state index contributed by atoms with van der Waals surface area (Å²) in [7, 11) is 0. The van der Waals surface area contributed by atoms with E-state index in [-0.39, 0.29) is 18.7 Å². The van der Waals surface area contributed by atoms with E-state index in [1.807, 2.05) is 0 Å². The first-order valence-electron chi connectivity index (χ1n) is 3.33. The van der Waals surface area contributed by atoms with E-state index < -0.39 is 12.1 Å². The minimum atomic E-state index is -0.935. The summed E-state index contributed by atoms with van der Waals surface area (Å²) in [5, 5.41) is 24.2. The fourth-order valence-electron chi connectivity index (χ4n) is 0.0745. The number of aliphatic hydroxyl groups excluding tert-OH is 2. The van der Waals surface area contributed by atoms with Crippen LogP contribution in [0, 0.1) is 0 Å². The molecule has 0 aliphatic carbocycles. The largest absolute Gasteiger partial charge is 0.478 e. The highest BCUT2D eigenvalue weighted by molar-refractivity contribution is 5.84. The van der Waals surface area contributed by atoms with Gasteiger partial charge in [0.25, 0.3) is 0 Å². The molecule has 1 unspecified atom stereocenters. The molecule has 72 valence electrons. The third-order valence-corrected chi connectivity index (χ3v) is 0.848. The maximum atomic E-state index is 9.60. The Morgan fingerprint density at radius 2 is 2.00 bits per heavy atom. The average molecular weight is 177 g/mol. The molecule has 0 saturated carbocycles. The zero-order valence-corrected chi connectivity index (χ0v) is 7.03. The quantitative estimate of drug-likeness (QED) is 0.412. The Morgan fingerprint density at radius 1 is 1.67 bits per heavy atom. The molecule has 0 radical (unpaired) electrons. The van der Waals surface area contributed by atoms with Gasteiger partial charge < -0.3 is 21.1 Å². The lowest BCUT2D eigenvalue weighted by atomic mass is 10.4. The SMILES string of the molecule is C=C(C)C(=O)O.NCC(O)CO. The third-order valence-electron chi connectivity index (χ3n) is 0.848. The van der Waals surface area contributed by atoms with Gasteiger partial charge in [-0.2, -0.15) is 0 Å². The number of nitrogens with two attached hydrogens (primary N) is 1. The summed E-state index contributed by atoms with van der Waals surface area (Å²) < 4.78 is 0. The lowest BCUT2D eigenvalue weighted by Crippen LogP contribution is -2.22. The van der Waals surface area contributed by atoms with Gasteiger partial charge in [-0.15, -0.1) is 0 Å². The van der Waals surface area contributed by atoms with E-state index in [0.29, 0.717) is 0 Å². The van der Waals surface area contributed by atoms with Crippen LogP contribution < -0.4 is 5.73 Å². The van der Waals surface area contributed by atoms with E-state index in [4.69, 9.17) is 21.1 Å². The Kier molecular flexibility index (Phi) is 9.32. The van der Waals surface area contributed by atoms with Crippen molar-refractivity contribution < 1.29 is 20.1 Å².